The molecule has 5 nitrogen and oxygen atoms in total. The molecule has 1 aromatic carbocycles. The fourth-order valence-electron chi connectivity index (χ4n) is 2.08. The van der Waals surface area contributed by atoms with E-state index in [2.05, 4.69) is 15.0 Å². The van der Waals surface area contributed by atoms with Crippen LogP contribution in [0.2, 0.25) is 5.15 Å². The Hall–Kier alpha value is -2.27. The second kappa shape index (κ2) is 5.02. The lowest BCUT2D eigenvalue weighted by Crippen LogP contribution is -2.22. The van der Waals surface area contributed by atoms with Gasteiger partial charge in [-0.25, -0.2) is 15.0 Å². The first-order valence-electron chi connectivity index (χ1n) is 6.08. The third-order valence-electron chi connectivity index (χ3n) is 2.92. The molecule has 20 heavy (non-hydrogen) atoms. The number of hydrogen-bond donors (Lipinski definition) is 0. The second-order valence-electron chi connectivity index (χ2n) is 4.42. The van der Waals surface area contributed by atoms with Crippen LogP contribution in [0.3, 0.4) is 0 Å². The van der Waals surface area contributed by atoms with Gasteiger partial charge in [0.15, 0.2) is 0 Å². The standard InChI is InChI=1S/C14H11ClN4O/c1-9-6-12(15)18-13(17-9)8-19-11-5-3-2-4-10(11)16-7-14(19)20/h2-7H,8H2,1H3. The monoisotopic (exact) mass is 286 g/mol. The smallest absolute Gasteiger partial charge is 0.269 e. The Labute approximate surface area is 119 Å². The number of hydrogen-bond acceptors (Lipinski definition) is 4. The van der Waals surface area contributed by atoms with Crippen molar-refractivity contribution >= 4 is 22.6 Å². The summed E-state index contributed by atoms with van der Waals surface area (Å²) in [4.78, 5) is 24.6. The van der Waals surface area contributed by atoms with E-state index in [1.165, 1.54) is 6.20 Å². The van der Waals surface area contributed by atoms with Crippen LogP contribution in [0.25, 0.3) is 11.0 Å². The van der Waals surface area contributed by atoms with E-state index in [-0.39, 0.29) is 12.1 Å². The maximum absolute atomic E-state index is 12.0. The maximum atomic E-state index is 12.0. The average molecular weight is 287 g/mol. The molecule has 0 atom stereocenters. The van der Waals surface area contributed by atoms with Gasteiger partial charge in [-0.1, -0.05) is 23.7 Å². The zero-order chi connectivity index (χ0) is 14.1. The number of nitrogens with zero attached hydrogens (tertiary/aromatic N) is 4. The van der Waals surface area contributed by atoms with Crippen LogP contribution < -0.4 is 5.56 Å². The molecule has 0 aliphatic carbocycles. The van der Waals surface area contributed by atoms with Crippen LogP contribution >= 0.6 is 11.6 Å². The van der Waals surface area contributed by atoms with Crippen molar-refractivity contribution in [3.8, 4) is 0 Å². The highest BCUT2D eigenvalue weighted by Gasteiger charge is 2.07. The number of aryl methyl sites for hydroxylation is 1. The lowest BCUT2D eigenvalue weighted by Gasteiger charge is -2.09. The maximum Gasteiger partial charge on any atom is 0.269 e. The van der Waals surface area contributed by atoms with Crippen molar-refractivity contribution in [3.05, 3.63) is 63.6 Å². The lowest BCUT2D eigenvalue weighted by atomic mass is 10.3. The normalized spacial score (nSPS) is 10.9. The third-order valence-corrected chi connectivity index (χ3v) is 3.12. The highest BCUT2D eigenvalue weighted by Crippen LogP contribution is 2.11. The summed E-state index contributed by atoms with van der Waals surface area (Å²) in [7, 11) is 0. The molecule has 3 aromatic rings. The first kappa shape index (κ1) is 12.7. The molecule has 0 N–H and O–H groups in total. The summed E-state index contributed by atoms with van der Waals surface area (Å²) in [5.74, 6) is 0.508. The van der Waals surface area contributed by atoms with Gasteiger partial charge in [-0.15, -0.1) is 0 Å². The summed E-state index contributed by atoms with van der Waals surface area (Å²) in [6, 6.07) is 9.13. The Kier molecular flexibility index (Phi) is 3.20. The number of para-hydroxylation sites is 2. The summed E-state index contributed by atoms with van der Waals surface area (Å²) in [6.45, 7) is 2.10. The van der Waals surface area contributed by atoms with Crippen LogP contribution in [-0.2, 0) is 6.54 Å². The summed E-state index contributed by atoms with van der Waals surface area (Å²) in [5, 5.41) is 0.374. The molecular formula is C14H11ClN4O. The van der Waals surface area contributed by atoms with Gasteiger partial charge >= 0.3 is 0 Å². The van der Waals surface area contributed by atoms with Crippen LogP contribution in [0.5, 0.6) is 0 Å². The van der Waals surface area contributed by atoms with Gasteiger partial charge in [-0.05, 0) is 25.1 Å². The summed E-state index contributed by atoms with van der Waals surface area (Å²) >= 11 is 5.92. The second-order valence-corrected chi connectivity index (χ2v) is 4.81. The highest BCUT2D eigenvalue weighted by atomic mass is 35.5. The van der Waals surface area contributed by atoms with Crippen molar-refractivity contribution in [2.75, 3.05) is 0 Å². The summed E-state index contributed by atoms with van der Waals surface area (Å²) in [6.07, 6.45) is 1.31. The van der Waals surface area contributed by atoms with E-state index in [4.69, 9.17) is 11.6 Å². The molecule has 0 fully saturated rings. The molecule has 0 spiro atoms. The van der Waals surface area contributed by atoms with Gasteiger partial charge in [0.05, 0.1) is 23.8 Å². The number of fused-ring (bicyclic) bond motifs is 1. The first-order valence-corrected chi connectivity index (χ1v) is 6.46. The highest BCUT2D eigenvalue weighted by molar-refractivity contribution is 6.29. The minimum absolute atomic E-state index is 0.190. The van der Waals surface area contributed by atoms with Crippen LogP contribution in [0.15, 0.2) is 41.3 Å². The van der Waals surface area contributed by atoms with Gasteiger partial charge in [-0.3, -0.25) is 9.36 Å². The summed E-state index contributed by atoms with van der Waals surface area (Å²) < 4.78 is 1.59. The van der Waals surface area contributed by atoms with E-state index < -0.39 is 0 Å². The van der Waals surface area contributed by atoms with Crippen LogP contribution in [0.1, 0.15) is 11.5 Å². The average Bonchev–Trinajstić information content (AvgIpc) is 2.41. The molecule has 2 heterocycles. The van der Waals surface area contributed by atoms with Crippen molar-refractivity contribution < 1.29 is 0 Å². The molecule has 0 unspecified atom stereocenters. The van der Waals surface area contributed by atoms with Crippen molar-refractivity contribution in [2.24, 2.45) is 0 Å². The Bertz CT molecular complexity index is 824. The van der Waals surface area contributed by atoms with Crippen molar-refractivity contribution in [1.29, 1.82) is 0 Å². The van der Waals surface area contributed by atoms with E-state index in [0.717, 1.165) is 16.7 Å². The van der Waals surface area contributed by atoms with E-state index in [0.29, 0.717) is 11.0 Å². The van der Waals surface area contributed by atoms with E-state index in [1.807, 2.05) is 31.2 Å². The zero-order valence-electron chi connectivity index (χ0n) is 10.7. The van der Waals surface area contributed by atoms with Crippen molar-refractivity contribution in [3.63, 3.8) is 0 Å². The van der Waals surface area contributed by atoms with Gasteiger partial charge in [0.25, 0.3) is 5.56 Å². The Morgan fingerprint density at radius 1 is 1.25 bits per heavy atom. The molecule has 0 radical (unpaired) electrons. The van der Waals surface area contributed by atoms with Gasteiger partial charge < -0.3 is 0 Å². The number of rotatable bonds is 2. The fourth-order valence-corrected chi connectivity index (χ4v) is 2.33. The molecule has 0 saturated carbocycles. The van der Waals surface area contributed by atoms with E-state index in [9.17, 15) is 4.79 Å². The van der Waals surface area contributed by atoms with Gasteiger partial charge in [0.1, 0.15) is 11.0 Å². The molecule has 0 bridgehead atoms. The Morgan fingerprint density at radius 3 is 2.85 bits per heavy atom. The lowest BCUT2D eigenvalue weighted by molar-refractivity contribution is 0.732. The van der Waals surface area contributed by atoms with Gasteiger partial charge in [0, 0.05) is 5.69 Å². The predicted octanol–water partition coefficient (Wildman–Crippen LogP) is 2.20. The third kappa shape index (κ3) is 2.40. The molecule has 0 aliphatic rings. The molecule has 0 aliphatic heterocycles. The largest absolute Gasteiger partial charge is 0.298 e. The molecule has 6 heteroatoms. The van der Waals surface area contributed by atoms with Crippen LogP contribution in [0, 0.1) is 6.92 Å². The number of benzene rings is 1. The minimum atomic E-state index is -0.190. The molecule has 100 valence electrons. The van der Waals surface area contributed by atoms with Crippen molar-refractivity contribution in [1.82, 2.24) is 19.5 Å². The minimum Gasteiger partial charge on any atom is -0.298 e. The van der Waals surface area contributed by atoms with Gasteiger partial charge in [0.2, 0.25) is 0 Å². The molecule has 3 rings (SSSR count). The first-order chi connectivity index (χ1) is 9.63. The summed E-state index contributed by atoms with van der Waals surface area (Å²) in [5.41, 5.74) is 2.09. The van der Waals surface area contributed by atoms with E-state index in [1.54, 1.807) is 10.6 Å². The van der Waals surface area contributed by atoms with Crippen molar-refractivity contribution in [2.45, 2.75) is 13.5 Å². The van der Waals surface area contributed by atoms with Crippen LogP contribution in [0.4, 0.5) is 0 Å². The number of halogens is 1. The molecule has 0 saturated heterocycles. The Balaban J connectivity index is 2.15. The van der Waals surface area contributed by atoms with Crippen LogP contribution in [-0.4, -0.2) is 19.5 Å². The fraction of sp³-hybridized carbons (Fsp3) is 0.143. The predicted molar refractivity (Wildman–Crippen MR) is 76.9 cm³/mol. The topological polar surface area (TPSA) is 60.7 Å². The Morgan fingerprint density at radius 2 is 2.05 bits per heavy atom. The molecular weight excluding hydrogens is 276 g/mol. The molecule has 0 amide bonds. The molecule has 2 aromatic heterocycles. The number of aromatic nitrogens is 4. The SMILES string of the molecule is Cc1cc(Cl)nc(Cn2c(=O)cnc3ccccc32)n1. The quantitative estimate of drug-likeness (QED) is 0.678. The van der Waals surface area contributed by atoms with Gasteiger partial charge in [-0.2, -0.15) is 0 Å². The zero-order valence-corrected chi connectivity index (χ0v) is 11.5. The van der Waals surface area contributed by atoms with E-state index >= 15 is 0 Å².